The number of aromatic nitrogens is 2. The van der Waals surface area contributed by atoms with Gasteiger partial charge in [0.2, 0.25) is 0 Å². The molecule has 0 radical (unpaired) electrons. The van der Waals surface area contributed by atoms with Crippen LogP contribution in [0, 0.1) is 5.41 Å². The second-order valence-electron chi connectivity index (χ2n) is 5.67. The van der Waals surface area contributed by atoms with E-state index in [4.69, 9.17) is 0 Å². The van der Waals surface area contributed by atoms with E-state index in [1.807, 2.05) is 6.20 Å². The molecule has 0 aliphatic heterocycles. The number of hydrogen-bond acceptors (Lipinski definition) is 2. The fraction of sp³-hybridized carbons (Fsp3) is 0.750. The molecule has 0 amide bonds. The van der Waals surface area contributed by atoms with Gasteiger partial charge in [0.25, 0.3) is 0 Å². The monoisotopic (exact) mass is 205 g/mol. The molecule has 0 bridgehead atoms. The molecule has 3 nitrogen and oxygen atoms in total. The summed E-state index contributed by atoms with van der Waals surface area (Å²) in [5, 5.41) is 11.1. The van der Waals surface area contributed by atoms with Gasteiger partial charge >= 0.3 is 0 Å². The zero-order valence-electron chi connectivity index (χ0n) is 9.51. The lowest BCUT2D eigenvalue weighted by molar-refractivity contribution is 0.203. The van der Waals surface area contributed by atoms with Gasteiger partial charge in [-0.15, -0.1) is 0 Å². The highest BCUT2D eigenvalue weighted by atomic mass is 15.1. The van der Waals surface area contributed by atoms with Crippen molar-refractivity contribution in [3.63, 3.8) is 0 Å². The molecule has 1 fully saturated rings. The van der Waals surface area contributed by atoms with Crippen molar-refractivity contribution in [3.8, 4) is 0 Å². The van der Waals surface area contributed by atoms with Gasteiger partial charge in [-0.05, 0) is 36.7 Å². The number of H-pyrrole nitrogens is 1. The van der Waals surface area contributed by atoms with Crippen LogP contribution in [0.5, 0.6) is 0 Å². The minimum Gasteiger partial charge on any atom is -0.305 e. The highest BCUT2D eigenvalue weighted by Gasteiger charge is 2.39. The Kier molecular flexibility index (Phi) is 1.93. The summed E-state index contributed by atoms with van der Waals surface area (Å²) in [6.45, 7) is 4.72. The van der Waals surface area contributed by atoms with E-state index in [1.54, 1.807) is 0 Å². The molecule has 15 heavy (non-hydrogen) atoms. The molecule has 2 aliphatic carbocycles. The molecule has 1 saturated carbocycles. The summed E-state index contributed by atoms with van der Waals surface area (Å²) in [7, 11) is 0. The van der Waals surface area contributed by atoms with E-state index in [1.165, 1.54) is 36.9 Å². The number of rotatable bonds is 2. The van der Waals surface area contributed by atoms with Crippen molar-refractivity contribution >= 4 is 0 Å². The summed E-state index contributed by atoms with van der Waals surface area (Å²) < 4.78 is 0. The normalized spacial score (nSPS) is 28.8. The smallest absolute Gasteiger partial charge is 0.0559 e. The van der Waals surface area contributed by atoms with Crippen molar-refractivity contribution < 1.29 is 0 Å². The Morgan fingerprint density at radius 1 is 1.47 bits per heavy atom. The lowest BCUT2D eigenvalue weighted by Gasteiger charge is -2.38. The third-order valence-electron chi connectivity index (χ3n) is 3.84. The maximum atomic E-state index is 4.18. The molecule has 2 N–H and O–H groups in total. The zero-order valence-corrected chi connectivity index (χ0v) is 9.51. The van der Waals surface area contributed by atoms with Gasteiger partial charge in [-0.2, -0.15) is 5.10 Å². The van der Waals surface area contributed by atoms with Crippen LogP contribution in [0.3, 0.4) is 0 Å². The minimum atomic E-state index is 0.349. The fourth-order valence-electron chi connectivity index (χ4n) is 2.56. The predicted molar refractivity (Wildman–Crippen MR) is 59.6 cm³/mol. The lowest BCUT2D eigenvalue weighted by Crippen LogP contribution is -2.39. The summed E-state index contributed by atoms with van der Waals surface area (Å²) in [4.78, 5) is 0. The van der Waals surface area contributed by atoms with Crippen molar-refractivity contribution in [2.24, 2.45) is 5.41 Å². The van der Waals surface area contributed by atoms with Crippen LogP contribution < -0.4 is 5.32 Å². The van der Waals surface area contributed by atoms with E-state index in [-0.39, 0.29) is 0 Å². The number of fused-ring (bicyclic) bond motifs is 1. The van der Waals surface area contributed by atoms with Gasteiger partial charge in [0, 0.05) is 6.04 Å². The van der Waals surface area contributed by atoms with Crippen molar-refractivity contribution in [2.75, 3.05) is 0 Å². The molecule has 1 unspecified atom stereocenters. The number of nitrogens with one attached hydrogen (secondary N) is 2. The summed E-state index contributed by atoms with van der Waals surface area (Å²) in [6.07, 6.45) is 7.10. The van der Waals surface area contributed by atoms with Crippen LogP contribution in [0.15, 0.2) is 6.20 Å². The van der Waals surface area contributed by atoms with Gasteiger partial charge in [0.05, 0.1) is 17.9 Å². The first-order chi connectivity index (χ1) is 7.17. The summed E-state index contributed by atoms with van der Waals surface area (Å²) in [5.74, 6) is 0. The van der Waals surface area contributed by atoms with Crippen LogP contribution in [0.2, 0.25) is 0 Å². The van der Waals surface area contributed by atoms with Crippen molar-refractivity contribution in [3.05, 3.63) is 17.5 Å². The highest BCUT2D eigenvalue weighted by Crippen LogP contribution is 2.43. The maximum Gasteiger partial charge on any atom is 0.0559 e. The highest BCUT2D eigenvalue weighted by molar-refractivity contribution is 5.26. The number of aryl methyl sites for hydroxylation is 1. The first-order valence-electron chi connectivity index (χ1n) is 5.95. The van der Waals surface area contributed by atoms with Crippen molar-refractivity contribution in [1.82, 2.24) is 15.5 Å². The molecule has 3 rings (SSSR count). The Bertz CT molecular complexity index is 363. The quantitative estimate of drug-likeness (QED) is 0.777. The topological polar surface area (TPSA) is 40.7 Å². The first kappa shape index (κ1) is 9.40. The second kappa shape index (κ2) is 3.08. The molecule has 0 spiro atoms. The molecule has 1 aromatic rings. The van der Waals surface area contributed by atoms with Crippen LogP contribution in [-0.4, -0.2) is 16.2 Å². The first-order valence-corrected chi connectivity index (χ1v) is 5.95. The Balaban J connectivity index is 1.92. The van der Waals surface area contributed by atoms with Crippen LogP contribution in [-0.2, 0) is 6.42 Å². The molecule has 1 atom stereocenters. The molecule has 1 heterocycles. The van der Waals surface area contributed by atoms with Crippen LogP contribution in [0.4, 0.5) is 0 Å². The van der Waals surface area contributed by atoms with Gasteiger partial charge in [-0.25, -0.2) is 0 Å². The third kappa shape index (κ3) is 1.59. The van der Waals surface area contributed by atoms with E-state index < -0.39 is 0 Å². The number of hydrogen-bond donors (Lipinski definition) is 2. The van der Waals surface area contributed by atoms with Gasteiger partial charge in [0.1, 0.15) is 0 Å². The molecule has 2 aliphatic rings. The molecule has 82 valence electrons. The average molecular weight is 205 g/mol. The van der Waals surface area contributed by atoms with Crippen LogP contribution in [0.25, 0.3) is 0 Å². The van der Waals surface area contributed by atoms with E-state index in [2.05, 4.69) is 29.4 Å². The molecule has 0 saturated heterocycles. The fourth-order valence-corrected chi connectivity index (χ4v) is 2.56. The van der Waals surface area contributed by atoms with Crippen molar-refractivity contribution in [2.45, 2.75) is 51.6 Å². The SMILES string of the molecule is CC1(C)CCc2cn[nH]c2C1NC1CC1. The van der Waals surface area contributed by atoms with E-state index >= 15 is 0 Å². The average Bonchev–Trinajstić information content (AvgIpc) is 2.87. The molecule has 0 aromatic carbocycles. The number of nitrogens with zero attached hydrogens (tertiary/aromatic N) is 1. The Hall–Kier alpha value is -0.830. The minimum absolute atomic E-state index is 0.349. The molecular formula is C12H19N3. The van der Waals surface area contributed by atoms with Gasteiger partial charge in [0.15, 0.2) is 0 Å². The largest absolute Gasteiger partial charge is 0.305 e. The van der Waals surface area contributed by atoms with E-state index in [9.17, 15) is 0 Å². The molecule has 1 aromatic heterocycles. The zero-order chi connectivity index (χ0) is 10.5. The van der Waals surface area contributed by atoms with Crippen molar-refractivity contribution in [1.29, 1.82) is 0 Å². The standard InChI is InChI=1S/C12H19N3/c1-12(2)6-5-8-7-13-15-10(8)11(12)14-9-3-4-9/h7,9,11,14H,3-6H2,1-2H3,(H,13,15). The second-order valence-corrected chi connectivity index (χ2v) is 5.67. The summed E-state index contributed by atoms with van der Waals surface area (Å²) >= 11 is 0. The predicted octanol–water partition coefficient (Wildman–Crippen LogP) is 2.18. The summed E-state index contributed by atoms with van der Waals surface area (Å²) in [5.41, 5.74) is 3.09. The Morgan fingerprint density at radius 2 is 2.27 bits per heavy atom. The van der Waals surface area contributed by atoms with Crippen LogP contribution >= 0.6 is 0 Å². The van der Waals surface area contributed by atoms with Gasteiger partial charge in [-0.1, -0.05) is 13.8 Å². The van der Waals surface area contributed by atoms with Gasteiger partial charge in [-0.3, -0.25) is 5.10 Å². The Labute approximate surface area is 90.7 Å². The van der Waals surface area contributed by atoms with E-state index in [0.29, 0.717) is 11.5 Å². The number of aromatic amines is 1. The summed E-state index contributed by atoms with van der Waals surface area (Å²) in [6, 6.07) is 1.22. The maximum absolute atomic E-state index is 4.18. The van der Waals surface area contributed by atoms with Gasteiger partial charge < -0.3 is 5.32 Å². The third-order valence-corrected chi connectivity index (χ3v) is 3.84. The van der Waals surface area contributed by atoms with Crippen LogP contribution in [0.1, 0.15) is 50.4 Å². The lowest BCUT2D eigenvalue weighted by atomic mass is 9.73. The van der Waals surface area contributed by atoms with E-state index in [0.717, 1.165) is 6.04 Å². The molecule has 3 heteroatoms. The molecular weight excluding hydrogens is 186 g/mol. The Morgan fingerprint density at radius 3 is 3.00 bits per heavy atom.